The van der Waals surface area contributed by atoms with E-state index in [1.54, 1.807) is 4.52 Å². The maximum atomic E-state index is 5.51. The van der Waals surface area contributed by atoms with Crippen LogP contribution in [0.15, 0.2) is 18.2 Å². The normalized spacial score (nSPS) is 12.9. The minimum atomic E-state index is 0.231. The van der Waals surface area contributed by atoms with Crippen molar-refractivity contribution < 1.29 is 14.4 Å². The fraction of sp³-hybridized carbons (Fsp3) is 0.412. The van der Waals surface area contributed by atoms with Crippen LogP contribution in [-0.4, -0.2) is 71.1 Å². The quantitative estimate of drug-likeness (QED) is 0.564. The lowest BCUT2D eigenvalue weighted by Crippen LogP contribution is -3.06. The number of hydrogen-bond acceptors (Lipinski definition) is 6. The minimum Gasteiger partial charge on any atom is -0.454 e. The Kier molecular flexibility index (Phi) is 4.66. The Hall–Kier alpha value is -2.72. The zero-order valence-corrected chi connectivity index (χ0v) is 16.3. The number of fused-ring (bicyclic) bond motifs is 4. The molecule has 0 unspecified atom stereocenters. The van der Waals surface area contributed by atoms with Crippen LogP contribution in [0.1, 0.15) is 5.56 Å². The highest BCUT2D eigenvalue weighted by atomic mass is 32.1. The number of likely N-dealkylation sites (N-methyl/N-ethyl adjacent to an activating group) is 1. The maximum absolute atomic E-state index is 5.51. The summed E-state index contributed by atoms with van der Waals surface area (Å²) in [5.41, 5.74) is 2.59. The van der Waals surface area contributed by atoms with Crippen LogP contribution in [0, 0.1) is 0 Å². The highest BCUT2D eigenvalue weighted by molar-refractivity contribution is 7.80. The highest BCUT2D eigenvalue weighted by Crippen LogP contribution is 2.36. The second kappa shape index (κ2) is 7.12. The van der Waals surface area contributed by atoms with Gasteiger partial charge in [0.05, 0.1) is 32.7 Å². The summed E-state index contributed by atoms with van der Waals surface area (Å²) in [6.07, 6.45) is 0. The van der Waals surface area contributed by atoms with E-state index in [4.69, 9.17) is 21.7 Å². The van der Waals surface area contributed by atoms with E-state index in [1.807, 2.05) is 19.2 Å². The molecule has 2 aromatic heterocycles. The number of nitrogens with one attached hydrogen (secondary N) is 2. The average molecular weight is 388 g/mol. The molecule has 3 heterocycles. The lowest BCUT2D eigenvalue weighted by molar-refractivity contribution is -0.857. The van der Waals surface area contributed by atoms with Crippen molar-refractivity contribution in [2.75, 3.05) is 41.0 Å². The van der Waals surface area contributed by atoms with Crippen molar-refractivity contribution in [2.45, 2.75) is 6.54 Å². The van der Waals surface area contributed by atoms with Crippen LogP contribution in [0.2, 0.25) is 0 Å². The van der Waals surface area contributed by atoms with E-state index in [1.165, 1.54) is 4.90 Å². The summed E-state index contributed by atoms with van der Waals surface area (Å²) in [5.74, 6) is 1.44. The van der Waals surface area contributed by atoms with E-state index in [9.17, 15) is 0 Å². The Morgan fingerprint density at radius 2 is 2.07 bits per heavy atom. The molecule has 4 rings (SSSR count). The number of benzene rings is 1. The molecule has 1 aliphatic rings. The van der Waals surface area contributed by atoms with Gasteiger partial charge in [-0.25, -0.2) is 0 Å². The summed E-state index contributed by atoms with van der Waals surface area (Å²) >= 11 is 5.50. The number of aromatic nitrogens is 4. The molecule has 1 aliphatic heterocycles. The van der Waals surface area contributed by atoms with Gasteiger partial charge in [-0.05, 0) is 34.8 Å². The Bertz CT molecular complexity index is 1000. The molecule has 0 saturated heterocycles. The number of rotatable bonds is 5. The van der Waals surface area contributed by atoms with Gasteiger partial charge in [-0.3, -0.25) is 0 Å². The lowest BCUT2D eigenvalue weighted by Gasteiger charge is -2.25. The summed E-state index contributed by atoms with van der Waals surface area (Å²) in [4.78, 5) is 3.49. The van der Waals surface area contributed by atoms with Gasteiger partial charge in [-0.2, -0.15) is 4.52 Å². The smallest absolute Gasteiger partial charge is 0.231 e. The number of ether oxygens (including phenoxy) is 2. The predicted octanol–water partition coefficient (Wildman–Crippen LogP) is -0.543. The summed E-state index contributed by atoms with van der Waals surface area (Å²) < 4.78 is 12.7. The first kappa shape index (κ1) is 17.7. The summed E-state index contributed by atoms with van der Waals surface area (Å²) in [6.45, 7) is 2.64. The van der Waals surface area contributed by atoms with Gasteiger partial charge >= 0.3 is 0 Å². The van der Waals surface area contributed by atoms with Crippen LogP contribution in [0.4, 0.5) is 0 Å². The van der Waals surface area contributed by atoms with E-state index >= 15 is 0 Å². The van der Waals surface area contributed by atoms with Crippen molar-refractivity contribution in [3.63, 3.8) is 0 Å². The molecule has 27 heavy (non-hydrogen) atoms. The molecule has 0 spiro atoms. The molecule has 1 aromatic carbocycles. The minimum absolute atomic E-state index is 0.231. The second-order valence-corrected chi connectivity index (χ2v) is 7.17. The number of pyridine rings is 1. The van der Waals surface area contributed by atoms with Gasteiger partial charge in [0.25, 0.3) is 0 Å². The van der Waals surface area contributed by atoms with Gasteiger partial charge in [0, 0.05) is 30.6 Å². The lowest BCUT2D eigenvalue weighted by atomic mass is 10.1. The largest absolute Gasteiger partial charge is 0.454 e. The van der Waals surface area contributed by atoms with E-state index in [0.717, 1.165) is 35.3 Å². The third kappa shape index (κ3) is 3.33. The molecule has 0 atom stereocenters. The average Bonchev–Trinajstić information content (AvgIpc) is 3.31. The molecule has 0 bridgehead atoms. The molecule has 9 nitrogen and oxygen atoms in total. The first-order valence-corrected chi connectivity index (χ1v) is 9.16. The van der Waals surface area contributed by atoms with Crippen molar-refractivity contribution in [3.8, 4) is 11.5 Å². The number of nitrogens with zero attached hydrogens (tertiary/aromatic N) is 5. The van der Waals surface area contributed by atoms with Gasteiger partial charge in [-0.1, -0.05) is 0 Å². The van der Waals surface area contributed by atoms with Gasteiger partial charge in [-0.15, -0.1) is 5.10 Å². The van der Waals surface area contributed by atoms with E-state index < -0.39 is 0 Å². The molecule has 0 amide bonds. The number of thiocarbonyl (C=S) groups is 1. The van der Waals surface area contributed by atoms with Crippen molar-refractivity contribution in [1.29, 1.82) is 0 Å². The molecule has 0 fully saturated rings. The van der Waals surface area contributed by atoms with Crippen molar-refractivity contribution >= 4 is 33.9 Å². The maximum Gasteiger partial charge on any atom is 0.231 e. The van der Waals surface area contributed by atoms with E-state index in [-0.39, 0.29) is 6.79 Å². The Morgan fingerprint density at radius 3 is 2.81 bits per heavy atom. The SMILES string of the molecule is CNC(=S)N(CC[NH+](C)C)Cc1cc2cc3c(cc2n2nnnc12)OCO3. The number of hydrogen-bond donors (Lipinski definition) is 2. The third-order valence-electron chi connectivity index (χ3n) is 4.58. The fourth-order valence-corrected chi connectivity index (χ4v) is 3.29. The van der Waals surface area contributed by atoms with E-state index in [2.05, 4.69) is 45.9 Å². The van der Waals surface area contributed by atoms with Crippen molar-refractivity contribution in [3.05, 3.63) is 23.8 Å². The van der Waals surface area contributed by atoms with Crippen LogP contribution in [-0.2, 0) is 6.54 Å². The molecule has 0 saturated carbocycles. The zero-order valence-electron chi connectivity index (χ0n) is 15.5. The first-order valence-electron chi connectivity index (χ1n) is 8.76. The summed E-state index contributed by atoms with van der Waals surface area (Å²) in [6, 6.07) is 5.97. The van der Waals surface area contributed by atoms with Crippen molar-refractivity contribution in [1.82, 2.24) is 30.3 Å². The van der Waals surface area contributed by atoms with E-state index in [0.29, 0.717) is 23.1 Å². The summed E-state index contributed by atoms with van der Waals surface area (Å²) in [5, 5.41) is 17.0. The molecule has 0 radical (unpaired) electrons. The molecule has 142 valence electrons. The molecular weight excluding hydrogens is 366 g/mol. The standard InChI is InChI=1S/C17H21N7O2S/c1-18-17(27)23(5-4-22(2)3)9-12-6-11-7-14-15(26-10-25-14)8-13(11)24-16(12)19-20-21-24/h6-8H,4-5,9-10H2,1-3H3,(H,18,27)/p+1. The van der Waals surface area contributed by atoms with Gasteiger partial charge in [0.15, 0.2) is 22.3 Å². The Morgan fingerprint density at radius 1 is 1.30 bits per heavy atom. The topological polar surface area (TPSA) is 81.3 Å². The van der Waals surface area contributed by atoms with Gasteiger partial charge < -0.3 is 24.6 Å². The van der Waals surface area contributed by atoms with Crippen LogP contribution in [0.25, 0.3) is 16.6 Å². The monoisotopic (exact) mass is 388 g/mol. The molecular formula is C17H22N7O2S+. The second-order valence-electron chi connectivity index (χ2n) is 6.78. The van der Waals surface area contributed by atoms with Crippen LogP contribution < -0.4 is 19.7 Å². The molecule has 10 heteroatoms. The third-order valence-corrected chi connectivity index (χ3v) is 5.04. The highest BCUT2D eigenvalue weighted by Gasteiger charge is 2.20. The van der Waals surface area contributed by atoms with Gasteiger partial charge in [0.1, 0.15) is 0 Å². The zero-order chi connectivity index (χ0) is 19.0. The molecule has 2 N–H and O–H groups in total. The summed E-state index contributed by atoms with van der Waals surface area (Å²) in [7, 11) is 6.09. The Labute approximate surface area is 161 Å². The van der Waals surface area contributed by atoms with Crippen LogP contribution >= 0.6 is 12.2 Å². The van der Waals surface area contributed by atoms with Crippen molar-refractivity contribution in [2.24, 2.45) is 0 Å². The first-order chi connectivity index (χ1) is 13.1. The predicted molar refractivity (Wildman–Crippen MR) is 104 cm³/mol. The van der Waals surface area contributed by atoms with Crippen LogP contribution in [0.5, 0.6) is 11.5 Å². The number of tetrazole rings is 1. The Balaban J connectivity index is 1.76. The molecule has 0 aliphatic carbocycles. The van der Waals surface area contributed by atoms with Gasteiger partial charge in [0.2, 0.25) is 6.79 Å². The number of quaternary nitrogens is 1. The molecule has 3 aromatic rings. The van der Waals surface area contributed by atoms with Crippen LogP contribution in [0.3, 0.4) is 0 Å². The fourth-order valence-electron chi connectivity index (χ4n) is 3.14.